The number of aliphatic hydroxyl groups is 1. The van der Waals surface area contributed by atoms with Crippen LogP contribution in [-0.4, -0.2) is 41.0 Å². The summed E-state index contributed by atoms with van der Waals surface area (Å²) in [6, 6.07) is 26.6. The molecule has 2 amide bonds. The molecule has 0 aliphatic carbocycles. The Balaban J connectivity index is 1.48. The SMILES string of the molecule is CC(C)[C@@H](NC(=O)CC(c1ccccc1)c1ccccc1)C(=O)N1CC[C@](O)(c2ccc(Cl)cc2)C(C)(C)C1. The lowest BCUT2D eigenvalue weighted by molar-refractivity contribution is -0.156. The number of carbonyl (C=O) groups is 2. The van der Waals surface area contributed by atoms with E-state index in [4.69, 9.17) is 11.6 Å². The van der Waals surface area contributed by atoms with Crippen LogP contribution in [0.4, 0.5) is 0 Å². The molecule has 2 N–H and O–H groups in total. The van der Waals surface area contributed by atoms with Crippen molar-refractivity contribution in [1.82, 2.24) is 10.2 Å². The topological polar surface area (TPSA) is 69.6 Å². The highest BCUT2D eigenvalue weighted by Gasteiger charge is 2.50. The first kappa shape index (κ1) is 28.8. The summed E-state index contributed by atoms with van der Waals surface area (Å²) in [7, 11) is 0. The van der Waals surface area contributed by atoms with Gasteiger partial charge in [0.05, 0.1) is 5.60 Å². The Kier molecular flexibility index (Phi) is 8.83. The van der Waals surface area contributed by atoms with E-state index in [1.807, 2.05) is 100 Å². The van der Waals surface area contributed by atoms with Gasteiger partial charge in [-0.05, 0) is 41.2 Å². The van der Waals surface area contributed by atoms with Crippen LogP contribution < -0.4 is 5.32 Å². The van der Waals surface area contributed by atoms with Crippen LogP contribution in [0.5, 0.6) is 0 Å². The molecule has 1 aliphatic heterocycles. The molecule has 1 heterocycles. The van der Waals surface area contributed by atoms with Crippen molar-refractivity contribution in [1.29, 1.82) is 0 Å². The average molecular weight is 547 g/mol. The molecule has 1 fully saturated rings. The number of hydrogen-bond donors (Lipinski definition) is 2. The minimum Gasteiger partial charge on any atom is -0.384 e. The summed E-state index contributed by atoms with van der Waals surface area (Å²) in [6.07, 6.45) is 0.641. The Labute approximate surface area is 237 Å². The van der Waals surface area contributed by atoms with Crippen molar-refractivity contribution in [2.75, 3.05) is 13.1 Å². The molecule has 3 aromatic carbocycles. The third-order valence-electron chi connectivity index (χ3n) is 8.13. The lowest BCUT2D eigenvalue weighted by Gasteiger charge is -2.51. The van der Waals surface area contributed by atoms with Crippen LogP contribution in [0.1, 0.15) is 63.1 Å². The van der Waals surface area contributed by atoms with E-state index in [1.165, 1.54) is 0 Å². The van der Waals surface area contributed by atoms with Crippen molar-refractivity contribution in [2.24, 2.45) is 11.3 Å². The smallest absolute Gasteiger partial charge is 0.245 e. The molecule has 206 valence electrons. The number of rotatable bonds is 8. The first-order valence-electron chi connectivity index (χ1n) is 13.7. The third kappa shape index (κ3) is 6.37. The fourth-order valence-electron chi connectivity index (χ4n) is 5.70. The number of nitrogens with one attached hydrogen (secondary N) is 1. The van der Waals surface area contributed by atoms with Crippen LogP contribution in [-0.2, 0) is 15.2 Å². The Morgan fingerprint density at radius 2 is 1.46 bits per heavy atom. The number of piperidine rings is 1. The molecule has 0 spiro atoms. The van der Waals surface area contributed by atoms with Gasteiger partial charge in [-0.25, -0.2) is 0 Å². The second kappa shape index (κ2) is 11.9. The van der Waals surface area contributed by atoms with Gasteiger partial charge in [-0.15, -0.1) is 0 Å². The summed E-state index contributed by atoms with van der Waals surface area (Å²) in [5, 5.41) is 15.4. The summed E-state index contributed by atoms with van der Waals surface area (Å²) in [5.41, 5.74) is 1.22. The number of halogens is 1. The number of likely N-dealkylation sites (tertiary alicyclic amines) is 1. The second-order valence-electron chi connectivity index (χ2n) is 11.6. The maximum absolute atomic E-state index is 13.8. The van der Waals surface area contributed by atoms with Gasteiger partial charge in [-0.1, -0.05) is 112 Å². The van der Waals surface area contributed by atoms with E-state index in [-0.39, 0.29) is 30.1 Å². The van der Waals surface area contributed by atoms with Crippen LogP contribution in [0.2, 0.25) is 5.02 Å². The van der Waals surface area contributed by atoms with Gasteiger partial charge in [0.1, 0.15) is 6.04 Å². The molecular formula is C33H39ClN2O3. The Morgan fingerprint density at radius 1 is 0.923 bits per heavy atom. The highest BCUT2D eigenvalue weighted by molar-refractivity contribution is 6.30. The van der Waals surface area contributed by atoms with E-state index >= 15 is 0 Å². The summed E-state index contributed by atoms with van der Waals surface area (Å²) >= 11 is 6.07. The number of amides is 2. The number of nitrogens with zero attached hydrogens (tertiary/aromatic N) is 1. The molecule has 2 atom stereocenters. The zero-order valence-electron chi connectivity index (χ0n) is 23.2. The van der Waals surface area contributed by atoms with Gasteiger partial charge in [0.15, 0.2) is 0 Å². The monoisotopic (exact) mass is 546 g/mol. The van der Waals surface area contributed by atoms with E-state index in [0.717, 1.165) is 16.7 Å². The molecule has 6 heteroatoms. The van der Waals surface area contributed by atoms with E-state index in [2.05, 4.69) is 5.32 Å². The fourth-order valence-corrected chi connectivity index (χ4v) is 5.82. The van der Waals surface area contributed by atoms with Gasteiger partial charge in [-0.3, -0.25) is 9.59 Å². The Morgan fingerprint density at radius 3 is 1.95 bits per heavy atom. The van der Waals surface area contributed by atoms with Gasteiger partial charge in [-0.2, -0.15) is 0 Å². The number of benzene rings is 3. The second-order valence-corrected chi connectivity index (χ2v) is 12.1. The maximum Gasteiger partial charge on any atom is 0.245 e. The van der Waals surface area contributed by atoms with Crippen LogP contribution in [0.25, 0.3) is 0 Å². The van der Waals surface area contributed by atoms with Gasteiger partial charge >= 0.3 is 0 Å². The Hall–Kier alpha value is -3.15. The molecule has 5 nitrogen and oxygen atoms in total. The van der Waals surface area contributed by atoms with Crippen LogP contribution >= 0.6 is 11.6 Å². The van der Waals surface area contributed by atoms with Gasteiger partial charge in [0.2, 0.25) is 11.8 Å². The highest BCUT2D eigenvalue weighted by atomic mass is 35.5. The molecule has 1 aliphatic rings. The van der Waals surface area contributed by atoms with Gasteiger partial charge in [0, 0.05) is 35.9 Å². The van der Waals surface area contributed by atoms with Crippen LogP contribution in [0, 0.1) is 11.3 Å². The minimum atomic E-state index is -1.09. The average Bonchev–Trinajstić information content (AvgIpc) is 2.92. The lowest BCUT2D eigenvalue weighted by Crippen LogP contribution is -2.60. The summed E-state index contributed by atoms with van der Waals surface area (Å²) < 4.78 is 0. The molecule has 0 saturated carbocycles. The van der Waals surface area contributed by atoms with Gasteiger partial charge < -0.3 is 15.3 Å². The van der Waals surface area contributed by atoms with E-state index in [9.17, 15) is 14.7 Å². The van der Waals surface area contributed by atoms with Crippen LogP contribution in [0.15, 0.2) is 84.9 Å². The maximum atomic E-state index is 13.8. The third-order valence-corrected chi connectivity index (χ3v) is 8.38. The zero-order valence-corrected chi connectivity index (χ0v) is 24.0. The standard InChI is InChI=1S/C33H39ClN2O3/c1-23(2)30(35-29(37)21-28(24-11-7-5-8-12-24)25-13-9-6-10-14-25)31(38)36-20-19-33(39,32(3,4)22-36)26-15-17-27(34)18-16-26/h5-18,23,28,30,39H,19-22H2,1-4H3,(H,35,37)/t30-,33+/m1/s1. The number of carbonyl (C=O) groups excluding carboxylic acids is 2. The van der Waals surface area contributed by atoms with E-state index in [0.29, 0.717) is 24.5 Å². The largest absolute Gasteiger partial charge is 0.384 e. The molecule has 39 heavy (non-hydrogen) atoms. The van der Waals surface area contributed by atoms with Crippen molar-refractivity contribution in [3.05, 3.63) is 107 Å². The summed E-state index contributed by atoms with van der Waals surface area (Å²) in [5.74, 6) is -0.471. The predicted molar refractivity (Wildman–Crippen MR) is 156 cm³/mol. The van der Waals surface area contributed by atoms with E-state index < -0.39 is 17.1 Å². The molecule has 0 radical (unpaired) electrons. The van der Waals surface area contributed by atoms with Gasteiger partial charge in [0.25, 0.3) is 0 Å². The Bertz CT molecular complexity index is 1220. The lowest BCUT2D eigenvalue weighted by atomic mass is 9.66. The van der Waals surface area contributed by atoms with Crippen molar-refractivity contribution in [2.45, 2.75) is 58.1 Å². The minimum absolute atomic E-state index is 0.0893. The first-order valence-corrected chi connectivity index (χ1v) is 14.1. The number of hydrogen-bond acceptors (Lipinski definition) is 3. The predicted octanol–water partition coefficient (Wildman–Crippen LogP) is 6.15. The highest BCUT2D eigenvalue weighted by Crippen LogP contribution is 2.46. The molecule has 1 saturated heterocycles. The van der Waals surface area contributed by atoms with E-state index in [1.54, 1.807) is 17.0 Å². The molecule has 4 rings (SSSR count). The van der Waals surface area contributed by atoms with Crippen molar-refractivity contribution < 1.29 is 14.7 Å². The normalized spacial score (nSPS) is 19.6. The zero-order chi connectivity index (χ0) is 28.2. The summed E-state index contributed by atoms with van der Waals surface area (Å²) in [6.45, 7) is 8.64. The molecule has 3 aromatic rings. The van der Waals surface area contributed by atoms with Crippen molar-refractivity contribution >= 4 is 23.4 Å². The fraction of sp³-hybridized carbons (Fsp3) is 0.394. The molecule has 0 bridgehead atoms. The van der Waals surface area contributed by atoms with Crippen LogP contribution in [0.3, 0.4) is 0 Å². The first-order chi connectivity index (χ1) is 18.5. The van der Waals surface area contributed by atoms with Crippen molar-refractivity contribution in [3.8, 4) is 0 Å². The molecular weight excluding hydrogens is 508 g/mol. The molecule has 0 aromatic heterocycles. The quantitative estimate of drug-likeness (QED) is 0.356. The molecule has 0 unspecified atom stereocenters. The van der Waals surface area contributed by atoms with Crippen molar-refractivity contribution in [3.63, 3.8) is 0 Å². The summed E-state index contributed by atoms with van der Waals surface area (Å²) in [4.78, 5) is 29.0.